The highest BCUT2D eigenvalue weighted by atomic mass is 16.6. The quantitative estimate of drug-likeness (QED) is 0.227. The molecular formula is C24H31N3O8. The number of non-ortho nitro benzene ring substituents is 1. The van der Waals surface area contributed by atoms with Gasteiger partial charge in [-0.15, -0.1) is 0 Å². The van der Waals surface area contributed by atoms with Crippen molar-refractivity contribution in [3.05, 3.63) is 39.9 Å². The largest absolute Gasteiger partial charge is 0.466 e. The first kappa shape index (κ1) is 27.6. The minimum Gasteiger partial charge on any atom is -0.466 e. The normalized spacial score (nSPS) is 22.5. The second-order valence-corrected chi connectivity index (χ2v) is 8.51. The van der Waals surface area contributed by atoms with Crippen LogP contribution >= 0.6 is 0 Å². The summed E-state index contributed by atoms with van der Waals surface area (Å²) < 4.78 is 10.3. The van der Waals surface area contributed by atoms with E-state index >= 15 is 0 Å². The molecule has 0 aromatic heterocycles. The maximum Gasteiger partial charge on any atom is 0.328 e. The summed E-state index contributed by atoms with van der Waals surface area (Å²) >= 11 is 0. The average molecular weight is 490 g/mol. The number of nitro groups is 1. The van der Waals surface area contributed by atoms with Crippen molar-refractivity contribution >= 4 is 35.5 Å². The lowest BCUT2D eigenvalue weighted by molar-refractivity contribution is -0.384. The summed E-state index contributed by atoms with van der Waals surface area (Å²) in [5.74, 6) is -5.59. The molecule has 0 saturated carbocycles. The predicted octanol–water partition coefficient (Wildman–Crippen LogP) is 2.22. The molecule has 0 aliphatic carbocycles. The van der Waals surface area contributed by atoms with Crippen LogP contribution < -0.4 is 5.32 Å². The van der Waals surface area contributed by atoms with Crippen LogP contribution in [0.3, 0.4) is 0 Å². The first-order valence-corrected chi connectivity index (χ1v) is 11.4. The number of hydrogen-bond acceptors (Lipinski definition) is 9. The number of aldehydes is 1. The molecule has 0 fully saturated rings. The number of amides is 1. The maximum absolute atomic E-state index is 13.6. The zero-order valence-corrected chi connectivity index (χ0v) is 20.4. The third-order valence-corrected chi connectivity index (χ3v) is 5.87. The zero-order chi connectivity index (χ0) is 26.3. The van der Waals surface area contributed by atoms with Crippen LogP contribution in [-0.2, 0) is 28.7 Å². The third-order valence-electron chi connectivity index (χ3n) is 5.87. The Bertz CT molecular complexity index is 1010. The Balaban J connectivity index is 2.64. The molecule has 1 aromatic rings. The highest BCUT2D eigenvalue weighted by molar-refractivity contribution is 6.07. The predicted molar refractivity (Wildman–Crippen MR) is 126 cm³/mol. The second kappa shape index (κ2) is 12.2. The number of ether oxygens (including phenoxy) is 2. The third kappa shape index (κ3) is 6.28. The minimum atomic E-state index is -1.20. The molecule has 4 unspecified atom stereocenters. The van der Waals surface area contributed by atoms with E-state index in [1.165, 1.54) is 18.2 Å². The molecule has 35 heavy (non-hydrogen) atoms. The Morgan fingerprint density at radius 3 is 2.40 bits per heavy atom. The Kier molecular flexibility index (Phi) is 9.61. The number of nitrogens with zero attached hydrogens (tertiary/aromatic N) is 2. The molecule has 2 rings (SSSR count). The van der Waals surface area contributed by atoms with Gasteiger partial charge in [-0.25, -0.2) is 4.79 Å². The molecule has 1 aromatic carbocycles. The Hall–Kier alpha value is -3.63. The van der Waals surface area contributed by atoms with E-state index in [0.717, 1.165) is 0 Å². The van der Waals surface area contributed by atoms with Crippen LogP contribution in [0.2, 0.25) is 0 Å². The summed E-state index contributed by atoms with van der Waals surface area (Å²) in [6.45, 7) is 8.43. The van der Waals surface area contributed by atoms with Crippen molar-refractivity contribution in [2.75, 3.05) is 13.2 Å². The van der Waals surface area contributed by atoms with Gasteiger partial charge in [0.25, 0.3) is 5.69 Å². The van der Waals surface area contributed by atoms with E-state index in [1.54, 1.807) is 40.7 Å². The van der Waals surface area contributed by atoms with Crippen LogP contribution in [0.15, 0.2) is 29.3 Å². The summed E-state index contributed by atoms with van der Waals surface area (Å²) in [6, 6.07) is 3.43. The lowest BCUT2D eigenvalue weighted by atomic mass is 9.69. The van der Waals surface area contributed by atoms with Gasteiger partial charge in [0.15, 0.2) is 0 Å². The number of nitrogens with one attached hydrogen (secondary N) is 1. The molecule has 1 amide bonds. The van der Waals surface area contributed by atoms with Gasteiger partial charge in [0, 0.05) is 23.8 Å². The molecule has 1 aliphatic heterocycles. The molecule has 1 heterocycles. The smallest absolute Gasteiger partial charge is 0.328 e. The molecule has 0 bridgehead atoms. The van der Waals surface area contributed by atoms with Crippen molar-refractivity contribution in [1.82, 2.24) is 5.32 Å². The Morgan fingerprint density at radius 1 is 1.20 bits per heavy atom. The fourth-order valence-electron chi connectivity index (χ4n) is 4.29. The van der Waals surface area contributed by atoms with Crippen LogP contribution in [0.1, 0.15) is 46.1 Å². The molecular weight excluding hydrogens is 458 g/mol. The molecule has 5 atom stereocenters. The first-order chi connectivity index (χ1) is 16.6. The van der Waals surface area contributed by atoms with E-state index in [0.29, 0.717) is 11.8 Å². The Labute approximate surface area is 203 Å². The van der Waals surface area contributed by atoms with E-state index < -0.39 is 52.6 Å². The summed E-state index contributed by atoms with van der Waals surface area (Å²) in [6.07, 6.45) is 0.499. The highest BCUT2D eigenvalue weighted by Crippen LogP contribution is 2.41. The van der Waals surface area contributed by atoms with Gasteiger partial charge in [-0.05, 0) is 32.3 Å². The minimum absolute atomic E-state index is 0.0282. The van der Waals surface area contributed by atoms with Crippen molar-refractivity contribution in [3.63, 3.8) is 0 Å². The molecule has 0 radical (unpaired) electrons. The number of hydrogen-bond donors (Lipinski definition) is 1. The number of rotatable bonds is 10. The summed E-state index contributed by atoms with van der Waals surface area (Å²) in [4.78, 5) is 66.0. The fourth-order valence-corrected chi connectivity index (χ4v) is 4.29. The van der Waals surface area contributed by atoms with Gasteiger partial charge < -0.3 is 19.6 Å². The van der Waals surface area contributed by atoms with Crippen LogP contribution in [-0.4, -0.2) is 60.1 Å². The van der Waals surface area contributed by atoms with Crippen LogP contribution in [0, 0.1) is 27.9 Å². The van der Waals surface area contributed by atoms with Gasteiger partial charge in [0.2, 0.25) is 5.91 Å². The van der Waals surface area contributed by atoms with Gasteiger partial charge in [0.1, 0.15) is 18.4 Å². The average Bonchev–Trinajstić information content (AvgIpc) is 2.81. The van der Waals surface area contributed by atoms with Gasteiger partial charge in [-0.2, -0.15) is 0 Å². The van der Waals surface area contributed by atoms with Crippen molar-refractivity contribution < 1.29 is 33.6 Å². The standard InChI is InChI=1S/C24H31N3O8/c1-6-34-23(30)20-17(12-28)25-14(5)18(19(20)15-9-8-10-16(11-15)27(32)33)22(29)26-21(13(3)4)24(31)35-7-2/h8-13,17-21H,6-7H2,1-5H3,(H,26,29)/t17?,18?,19?,20?,21-/m0/s1. The molecule has 190 valence electrons. The van der Waals surface area contributed by atoms with Crippen molar-refractivity contribution in [2.45, 2.75) is 52.6 Å². The van der Waals surface area contributed by atoms with Gasteiger partial charge in [0.05, 0.1) is 30.0 Å². The van der Waals surface area contributed by atoms with Crippen LogP contribution in [0.5, 0.6) is 0 Å². The molecule has 0 spiro atoms. The number of nitro benzene ring substituents is 1. The number of carbonyl (C=O) groups excluding carboxylic acids is 4. The van der Waals surface area contributed by atoms with E-state index in [4.69, 9.17) is 9.47 Å². The van der Waals surface area contributed by atoms with Gasteiger partial charge in [-0.1, -0.05) is 26.0 Å². The Morgan fingerprint density at radius 2 is 1.86 bits per heavy atom. The molecule has 1 N–H and O–H groups in total. The van der Waals surface area contributed by atoms with Gasteiger partial charge >= 0.3 is 11.9 Å². The zero-order valence-electron chi connectivity index (χ0n) is 20.4. The number of benzene rings is 1. The van der Waals surface area contributed by atoms with E-state index in [9.17, 15) is 29.3 Å². The molecule has 11 heteroatoms. The van der Waals surface area contributed by atoms with Crippen LogP contribution in [0.4, 0.5) is 5.69 Å². The first-order valence-electron chi connectivity index (χ1n) is 11.4. The number of esters is 2. The van der Waals surface area contributed by atoms with Crippen LogP contribution in [0.25, 0.3) is 0 Å². The monoisotopic (exact) mass is 489 g/mol. The lowest BCUT2D eigenvalue weighted by Gasteiger charge is -2.38. The number of carbonyl (C=O) groups is 4. The highest BCUT2D eigenvalue weighted by Gasteiger charge is 2.49. The lowest BCUT2D eigenvalue weighted by Crippen LogP contribution is -2.53. The van der Waals surface area contributed by atoms with E-state index in [2.05, 4.69) is 10.3 Å². The number of aliphatic imine (C=N–C) groups is 1. The summed E-state index contributed by atoms with van der Waals surface area (Å²) in [7, 11) is 0. The summed E-state index contributed by atoms with van der Waals surface area (Å²) in [5, 5.41) is 14.1. The van der Waals surface area contributed by atoms with E-state index in [-0.39, 0.29) is 30.5 Å². The van der Waals surface area contributed by atoms with Gasteiger partial charge in [-0.3, -0.25) is 24.7 Å². The SMILES string of the molecule is CCOC(=O)C1C(C=O)N=C(C)C(C(=O)N[C@H](C(=O)OCC)C(C)C)C1c1cccc([N+](=O)[O-])c1. The second-order valence-electron chi connectivity index (χ2n) is 8.51. The van der Waals surface area contributed by atoms with Crippen molar-refractivity contribution in [1.29, 1.82) is 0 Å². The summed E-state index contributed by atoms with van der Waals surface area (Å²) in [5.41, 5.74) is 0.317. The molecule has 11 nitrogen and oxygen atoms in total. The molecule has 0 saturated heterocycles. The van der Waals surface area contributed by atoms with E-state index in [1.807, 2.05) is 0 Å². The topological polar surface area (TPSA) is 154 Å². The van der Waals surface area contributed by atoms with Crippen molar-refractivity contribution in [2.24, 2.45) is 22.7 Å². The molecule has 1 aliphatic rings. The fraction of sp³-hybridized carbons (Fsp3) is 0.542. The van der Waals surface area contributed by atoms with Crippen molar-refractivity contribution in [3.8, 4) is 0 Å². The maximum atomic E-state index is 13.6.